The summed E-state index contributed by atoms with van der Waals surface area (Å²) in [6.07, 6.45) is 5.24. The highest BCUT2D eigenvalue weighted by Crippen LogP contribution is 2.31. The molecule has 2 aliphatic heterocycles. The van der Waals surface area contributed by atoms with Crippen molar-refractivity contribution in [3.63, 3.8) is 0 Å². The van der Waals surface area contributed by atoms with Crippen LogP contribution in [0.2, 0.25) is 0 Å². The number of benzene rings is 1. The first-order chi connectivity index (χ1) is 10.8. The maximum absolute atomic E-state index is 6.03. The predicted molar refractivity (Wildman–Crippen MR) is 85.8 cm³/mol. The van der Waals surface area contributed by atoms with Crippen LogP contribution in [0.25, 0.3) is 0 Å². The van der Waals surface area contributed by atoms with Crippen LogP contribution in [-0.4, -0.2) is 45.3 Å². The Bertz CT molecular complexity index is 659. The van der Waals surface area contributed by atoms with E-state index in [1.54, 1.807) is 11.8 Å². The monoisotopic (exact) mass is 316 g/mol. The molecule has 1 aromatic carbocycles. The van der Waals surface area contributed by atoms with Gasteiger partial charge in [-0.3, -0.25) is 4.90 Å². The maximum atomic E-state index is 6.03. The fourth-order valence-corrected chi connectivity index (χ4v) is 3.91. The highest BCUT2D eigenvalue weighted by atomic mass is 32.2. The van der Waals surface area contributed by atoms with E-state index < -0.39 is 0 Å². The third kappa shape index (κ3) is 2.66. The van der Waals surface area contributed by atoms with Crippen LogP contribution in [0.1, 0.15) is 23.7 Å². The second-order valence-electron chi connectivity index (χ2n) is 5.96. The summed E-state index contributed by atoms with van der Waals surface area (Å²) in [5.41, 5.74) is 2.48. The third-order valence-electron chi connectivity index (χ3n) is 4.56. The van der Waals surface area contributed by atoms with Crippen LogP contribution in [-0.2, 0) is 17.9 Å². The van der Waals surface area contributed by atoms with Crippen molar-refractivity contribution < 1.29 is 4.74 Å². The molecule has 6 heteroatoms. The summed E-state index contributed by atoms with van der Waals surface area (Å²) in [6, 6.07) is 9.15. The lowest BCUT2D eigenvalue weighted by atomic mass is 9.99. The van der Waals surface area contributed by atoms with Gasteiger partial charge >= 0.3 is 0 Å². The molecule has 116 valence electrons. The van der Waals surface area contributed by atoms with Crippen LogP contribution in [0.3, 0.4) is 0 Å². The molecular formula is C16H20N4OS. The number of ether oxygens (including phenoxy) is 1. The molecule has 5 nitrogen and oxygen atoms in total. The molecule has 0 bridgehead atoms. The van der Waals surface area contributed by atoms with E-state index in [1.165, 1.54) is 10.5 Å². The van der Waals surface area contributed by atoms with Crippen LogP contribution in [0.15, 0.2) is 35.4 Å². The van der Waals surface area contributed by atoms with Gasteiger partial charge in [0, 0.05) is 24.5 Å². The third-order valence-corrected chi connectivity index (χ3v) is 5.28. The number of thioether (sulfide) groups is 1. The molecule has 0 amide bonds. The molecule has 0 unspecified atom stereocenters. The number of rotatable bonds is 3. The lowest BCUT2D eigenvalue weighted by Gasteiger charge is -2.41. The Kier molecular flexibility index (Phi) is 3.90. The minimum Gasteiger partial charge on any atom is -0.368 e. The molecule has 22 heavy (non-hydrogen) atoms. The van der Waals surface area contributed by atoms with Gasteiger partial charge in [0.2, 0.25) is 0 Å². The standard InChI is InChI=1S/C16H20N4OS/c1-22-14-4-2-3-12(7-14)9-19-6-5-15-16(10-19)21-11-13-8-17-18-20(13)15/h2-4,7-8,15-16H,5-6,9-11H2,1H3/t15-,16-/m0/s1. The minimum absolute atomic E-state index is 0.228. The number of fused-ring (bicyclic) bond motifs is 3. The highest BCUT2D eigenvalue weighted by Gasteiger charge is 2.36. The van der Waals surface area contributed by atoms with Gasteiger partial charge in [-0.15, -0.1) is 16.9 Å². The molecule has 0 spiro atoms. The summed E-state index contributed by atoms with van der Waals surface area (Å²) in [7, 11) is 0. The lowest BCUT2D eigenvalue weighted by molar-refractivity contribution is -0.0704. The number of hydrogen-bond acceptors (Lipinski definition) is 5. The normalized spacial score (nSPS) is 24.8. The highest BCUT2D eigenvalue weighted by molar-refractivity contribution is 7.98. The molecule has 0 saturated carbocycles. The van der Waals surface area contributed by atoms with Gasteiger partial charge in [-0.1, -0.05) is 17.3 Å². The minimum atomic E-state index is 0.228. The zero-order valence-electron chi connectivity index (χ0n) is 12.7. The molecule has 2 aromatic rings. The summed E-state index contributed by atoms with van der Waals surface area (Å²) in [5, 5.41) is 8.26. The first kappa shape index (κ1) is 14.2. The number of hydrogen-bond donors (Lipinski definition) is 0. The van der Waals surface area contributed by atoms with Crippen LogP contribution in [0.4, 0.5) is 0 Å². The average Bonchev–Trinajstić information content (AvgIpc) is 3.04. The van der Waals surface area contributed by atoms with Crippen LogP contribution < -0.4 is 0 Å². The van der Waals surface area contributed by atoms with E-state index in [2.05, 4.69) is 50.4 Å². The Balaban J connectivity index is 1.45. The Hall–Kier alpha value is -1.37. The summed E-state index contributed by atoms with van der Waals surface area (Å²) < 4.78 is 8.10. The molecule has 2 atom stereocenters. The predicted octanol–water partition coefficient (Wildman–Crippen LogP) is 2.35. The van der Waals surface area contributed by atoms with Gasteiger partial charge in [-0.25, -0.2) is 4.68 Å². The molecule has 0 aliphatic carbocycles. The van der Waals surface area contributed by atoms with Crippen molar-refractivity contribution in [1.29, 1.82) is 0 Å². The molecule has 1 aromatic heterocycles. The first-order valence-corrected chi connectivity index (χ1v) is 8.92. The topological polar surface area (TPSA) is 43.2 Å². The van der Waals surface area contributed by atoms with E-state index in [4.69, 9.17) is 4.74 Å². The quantitative estimate of drug-likeness (QED) is 0.813. The van der Waals surface area contributed by atoms with Crippen molar-refractivity contribution in [2.45, 2.75) is 36.6 Å². The molecule has 1 saturated heterocycles. The Morgan fingerprint density at radius 1 is 1.41 bits per heavy atom. The molecule has 2 aliphatic rings. The summed E-state index contributed by atoms with van der Waals surface area (Å²) in [6.45, 7) is 3.66. The van der Waals surface area contributed by atoms with Crippen molar-refractivity contribution in [2.24, 2.45) is 0 Å². The SMILES string of the molecule is CSc1cccc(CN2CC[C@H]3[C@H](C2)OCc2cnnn23)c1. The fraction of sp³-hybridized carbons (Fsp3) is 0.500. The van der Waals surface area contributed by atoms with Crippen LogP contribution in [0, 0.1) is 0 Å². The van der Waals surface area contributed by atoms with Crippen LogP contribution in [0.5, 0.6) is 0 Å². The van der Waals surface area contributed by atoms with Gasteiger partial charge in [0.05, 0.1) is 30.6 Å². The fourth-order valence-electron chi connectivity index (χ4n) is 3.42. The molecule has 1 fully saturated rings. The zero-order chi connectivity index (χ0) is 14.9. The Labute approximate surface area is 134 Å². The van der Waals surface area contributed by atoms with Gasteiger partial charge in [0.25, 0.3) is 0 Å². The van der Waals surface area contributed by atoms with Crippen molar-refractivity contribution in [1.82, 2.24) is 19.9 Å². The van der Waals surface area contributed by atoms with Gasteiger partial charge in [0.15, 0.2) is 0 Å². The molecular weight excluding hydrogens is 296 g/mol. The van der Waals surface area contributed by atoms with Crippen LogP contribution >= 0.6 is 11.8 Å². The van der Waals surface area contributed by atoms with Gasteiger partial charge in [-0.05, 0) is 30.4 Å². The van der Waals surface area contributed by atoms with E-state index >= 15 is 0 Å². The zero-order valence-corrected chi connectivity index (χ0v) is 13.5. The van der Waals surface area contributed by atoms with Gasteiger partial charge in [-0.2, -0.15) is 0 Å². The number of aromatic nitrogens is 3. The maximum Gasteiger partial charge on any atom is 0.0932 e. The molecule has 0 N–H and O–H groups in total. The smallest absolute Gasteiger partial charge is 0.0932 e. The van der Waals surface area contributed by atoms with Crippen molar-refractivity contribution in [3.05, 3.63) is 41.7 Å². The Morgan fingerprint density at radius 3 is 3.27 bits per heavy atom. The van der Waals surface area contributed by atoms with E-state index in [1.807, 2.05) is 6.20 Å². The molecule has 0 radical (unpaired) electrons. The van der Waals surface area contributed by atoms with Crippen molar-refractivity contribution in [2.75, 3.05) is 19.3 Å². The lowest BCUT2D eigenvalue weighted by Crippen LogP contribution is -2.48. The number of nitrogens with zero attached hydrogens (tertiary/aromatic N) is 4. The largest absolute Gasteiger partial charge is 0.368 e. The summed E-state index contributed by atoms with van der Waals surface area (Å²) in [5.74, 6) is 0. The van der Waals surface area contributed by atoms with E-state index in [9.17, 15) is 0 Å². The van der Waals surface area contributed by atoms with E-state index in [0.29, 0.717) is 12.6 Å². The summed E-state index contributed by atoms with van der Waals surface area (Å²) >= 11 is 1.79. The van der Waals surface area contributed by atoms with E-state index in [0.717, 1.165) is 31.7 Å². The second-order valence-corrected chi connectivity index (χ2v) is 6.84. The average molecular weight is 316 g/mol. The van der Waals surface area contributed by atoms with Crippen molar-refractivity contribution >= 4 is 11.8 Å². The molecule has 4 rings (SSSR count). The Morgan fingerprint density at radius 2 is 2.36 bits per heavy atom. The first-order valence-electron chi connectivity index (χ1n) is 7.69. The van der Waals surface area contributed by atoms with Crippen molar-refractivity contribution in [3.8, 4) is 0 Å². The summed E-state index contributed by atoms with van der Waals surface area (Å²) in [4.78, 5) is 3.82. The second kappa shape index (κ2) is 6.02. The number of piperidine rings is 1. The number of likely N-dealkylation sites (tertiary alicyclic amines) is 1. The van der Waals surface area contributed by atoms with E-state index in [-0.39, 0.29) is 6.10 Å². The molecule has 3 heterocycles. The van der Waals surface area contributed by atoms with Gasteiger partial charge in [0.1, 0.15) is 0 Å². The van der Waals surface area contributed by atoms with Gasteiger partial charge < -0.3 is 4.74 Å².